The maximum Gasteiger partial charge on any atom is 0.306 e. The third kappa shape index (κ3) is 3.19. The van der Waals surface area contributed by atoms with Crippen LogP contribution in [0.3, 0.4) is 0 Å². The summed E-state index contributed by atoms with van der Waals surface area (Å²) in [6, 6.07) is 8.47. The molecule has 3 nitrogen and oxygen atoms in total. The normalized spacial score (nSPS) is 21.7. The Morgan fingerprint density at radius 1 is 1.44 bits per heavy atom. The molecule has 0 aromatic heterocycles. The Hall–Kier alpha value is -1.16. The van der Waals surface area contributed by atoms with Crippen LogP contribution in [0.5, 0.6) is 0 Å². The van der Waals surface area contributed by atoms with Crippen molar-refractivity contribution in [2.45, 2.75) is 18.2 Å². The molecule has 0 heterocycles. The zero-order valence-corrected chi connectivity index (χ0v) is 11.6. The quantitative estimate of drug-likeness (QED) is 0.803. The number of carboxylic acid groups (broad SMARTS) is 1. The molecule has 98 valence electrons. The van der Waals surface area contributed by atoms with Crippen LogP contribution in [-0.4, -0.2) is 30.4 Å². The van der Waals surface area contributed by atoms with Crippen LogP contribution < -0.4 is 4.90 Å². The van der Waals surface area contributed by atoms with Gasteiger partial charge in [0.1, 0.15) is 0 Å². The molecule has 0 bridgehead atoms. The highest BCUT2D eigenvalue weighted by Gasteiger charge is 2.43. The van der Waals surface area contributed by atoms with Gasteiger partial charge in [0.05, 0.1) is 5.92 Å². The van der Waals surface area contributed by atoms with Crippen molar-refractivity contribution in [1.82, 2.24) is 0 Å². The second-order valence-corrected chi connectivity index (χ2v) is 6.09. The summed E-state index contributed by atoms with van der Waals surface area (Å²) in [5, 5.41) is 8.88. The lowest BCUT2D eigenvalue weighted by atomic mass is 10.2. The SMILES string of the molecule is CCSc1ccc(N(C)CC2CC2C(=O)O)cc1. The van der Waals surface area contributed by atoms with Gasteiger partial charge in [0.15, 0.2) is 0 Å². The standard InChI is InChI=1S/C14H19NO2S/c1-3-18-12-6-4-11(5-7-12)15(2)9-10-8-13(10)14(16)17/h4-7,10,13H,3,8-9H2,1-2H3,(H,16,17). The van der Waals surface area contributed by atoms with Crippen molar-refractivity contribution in [3.05, 3.63) is 24.3 Å². The minimum Gasteiger partial charge on any atom is -0.481 e. The lowest BCUT2D eigenvalue weighted by molar-refractivity contribution is -0.138. The minimum absolute atomic E-state index is 0.123. The van der Waals surface area contributed by atoms with E-state index < -0.39 is 5.97 Å². The molecule has 2 unspecified atom stereocenters. The Bertz CT molecular complexity index is 418. The van der Waals surface area contributed by atoms with Crippen LogP contribution >= 0.6 is 11.8 Å². The van der Waals surface area contributed by atoms with E-state index in [2.05, 4.69) is 36.1 Å². The van der Waals surface area contributed by atoms with Crippen LogP contribution in [0.4, 0.5) is 5.69 Å². The fraction of sp³-hybridized carbons (Fsp3) is 0.500. The molecular formula is C14H19NO2S. The Morgan fingerprint density at radius 2 is 2.11 bits per heavy atom. The molecule has 18 heavy (non-hydrogen) atoms. The largest absolute Gasteiger partial charge is 0.481 e. The van der Waals surface area contributed by atoms with Crippen molar-refractivity contribution >= 4 is 23.4 Å². The number of rotatable bonds is 6. The fourth-order valence-corrected chi connectivity index (χ4v) is 2.83. The van der Waals surface area contributed by atoms with Crippen molar-refractivity contribution in [3.8, 4) is 0 Å². The molecule has 0 radical (unpaired) electrons. The predicted octanol–water partition coefficient (Wildman–Crippen LogP) is 2.96. The summed E-state index contributed by atoms with van der Waals surface area (Å²) in [5.74, 6) is 0.625. The first-order valence-corrected chi connectivity index (χ1v) is 7.27. The highest BCUT2D eigenvalue weighted by Crippen LogP contribution is 2.39. The number of nitrogens with zero attached hydrogens (tertiary/aromatic N) is 1. The van der Waals surface area contributed by atoms with Crippen molar-refractivity contribution in [3.63, 3.8) is 0 Å². The monoisotopic (exact) mass is 265 g/mol. The molecule has 0 spiro atoms. The average Bonchev–Trinajstić information content (AvgIpc) is 3.10. The molecule has 1 aliphatic carbocycles. The molecule has 1 aromatic carbocycles. The zero-order chi connectivity index (χ0) is 13.1. The van der Waals surface area contributed by atoms with E-state index in [1.54, 1.807) is 0 Å². The van der Waals surface area contributed by atoms with Gasteiger partial charge in [0.2, 0.25) is 0 Å². The summed E-state index contributed by atoms with van der Waals surface area (Å²) >= 11 is 1.83. The fourth-order valence-electron chi connectivity index (χ4n) is 2.17. The Balaban J connectivity index is 1.89. The van der Waals surface area contributed by atoms with Crippen LogP contribution in [-0.2, 0) is 4.79 Å². The van der Waals surface area contributed by atoms with Crippen LogP contribution in [0.15, 0.2) is 29.2 Å². The summed E-state index contributed by atoms with van der Waals surface area (Å²) in [4.78, 5) is 14.2. The first-order valence-electron chi connectivity index (χ1n) is 6.28. The van der Waals surface area contributed by atoms with Crippen molar-refractivity contribution < 1.29 is 9.90 Å². The Labute approximate surface area is 112 Å². The van der Waals surface area contributed by atoms with Crippen LogP contribution in [0, 0.1) is 11.8 Å². The van der Waals surface area contributed by atoms with Crippen LogP contribution in [0.1, 0.15) is 13.3 Å². The second-order valence-electron chi connectivity index (χ2n) is 4.75. The molecule has 0 saturated heterocycles. The highest BCUT2D eigenvalue weighted by atomic mass is 32.2. The Morgan fingerprint density at radius 3 is 2.61 bits per heavy atom. The van der Waals surface area contributed by atoms with E-state index in [9.17, 15) is 4.79 Å². The van der Waals surface area contributed by atoms with Gasteiger partial charge in [-0.2, -0.15) is 0 Å². The molecule has 0 amide bonds. The zero-order valence-electron chi connectivity index (χ0n) is 10.8. The summed E-state index contributed by atoms with van der Waals surface area (Å²) in [6.45, 7) is 2.97. The minimum atomic E-state index is -0.650. The van der Waals surface area contributed by atoms with Crippen molar-refractivity contribution in [2.24, 2.45) is 11.8 Å². The third-order valence-corrected chi connectivity index (χ3v) is 4.23. The number of carbonyl (C=O) groups is 1. The Kier molecular flexibility index (Phi) is 4.17. The van der Waals surface area contributed by atoms with E-state index in [4.69, 9.17) is 5.11 Å². The lowest BCUT2D eigenvalue weighted by Crippen LogP contribution is -2.21. The molecule has 1 saturated carbocycles. The topological polar surface area (TPSA) is 40.5 Å². The van der Waals surface area contributed by atoms with Crippen LogP contribution in [0.2, 0.25) is 0 Å². The smallest absolute Gasteiger partial charge is 0.306 e. The van der Waals surface area contributed by atoms with E-state index in [1.807, 2.05) is 18.8 Å². The lowest BCUT2D eigenvalue weighted by Gasteiger charge is -2.19. The number of anilines is 1. The first kappa shape index (κ1) is 13.3. The summed E-state index contributed by atoms with van der Waals surface area (Å²) in [5.41, 5.74) is 1.16. The molecular weight excluding hydrogens is 246 g/mol. The van der Waals surface area contributed by atoms with Crippen LogP contribution in [0.25, 0.3) is 0 Å². The van der Waals surface area contributed by atoms with E-state index in [0.29, 0.717) is 5.92 Å². The van der Waals surface area contributed by atoms with Gasteiger partial charge in [0.25, 0.3) is 0 Å². The van der Waals surface area contributed by atoms with Gasteiger partial charge in [-0.25, -0.2) is 0 Å². The first-order chi connectivity index (χ1) is 8.61. The third-order valence-electron chi connectivity index (χ3n) is 3.34. The number of thioether (sulfide) groups is 1. The number of aliphatic carboxylic acids is 1. The van der Waals surface area contributed by atoms with Crippen molar-refractivity contribution in [2.75, 3.05) is 24.2 Å². The molecule has 2 atom stereocenters. The summed E-state index contributed by atoms with van der Waals surface area (Å²) < 4.78 is 0. The predicted molar refractivity (Wildman–Crippen MR) is 75.3 cm³/mol. The van der Waals surface area contributed by atoms with E-state index in [0.717, 1.165) is 24.4 Å². The summed E-state index contributed by atoms with van der Waals surface area (Å²) in [6.07, 6.45) is 0.823. The van der Waals surface area contributed by atoms with E-state index >= 15 is 0 Å². The molecule has 1 aromatic rings. The summed E-state index contributed by atoms with van der Waals surface area (Å²) in [7, 11) is 2.03. The number of benzene rings is 1. The molecule has 4 heteroatoms. The van der Waals surface area contributed by atoms with Gasteiger partial charge in [-0.1, -0.05) is 6.92 Å². The maximum atomic E-state index is 10.8. The van der Waals surface area contributed by atoms with Gasteiger partial charge < -0.3 is 10.0 Å². The van der Waals surface area contributed by atoms with Crippen molar-refractivity contribution in [1.29, 1.82) is 0 Å². The molecule has 1 aliphatic rings. The second kappa shape index (κ2) is 5.65. The molecule has 2 rings (SSSR count). The van der Waals surface area contributed by atoms with Gasteiger partial charge >= 0.3 is 5.97 Å². The van der Waals surface area contributed by atoms with Gasteiger partial charge in [-0.3, -0.25) is 4.79 Å². The number of hydrogen-bond acceptors (Lipinski definition) is 3. The molecule has 1 N–H and O–H groups in total. The maximum absolute atomic E-state index is 10.8. The number of hydrogen-bond donors (Lipinski definition) is 1. The average molecular weight is 265 g/mol. The van der Waals surface area contributed by atoms with Gasteiger partial charge in [-0.15, -0.1) is 11.8 Å². The van der Waals surface area contributed by atoms with E-state index in [-0.39, 0.29) is 5.92 Å². The van der Waals surface area contributed by atoms with Gasteiger partial charge in [0, 0.05) is 24.2 Å². The molecule has 0 aliphatic heterocycles. The van der Waals surface area contributed by atoms with Gasteiger partial charge in [-0.05, 0) is 42.4 Å². The molecule has 1 fully saturated rings. The number of carboxylic acids is 1. The van der Waals surface area contributed by atoms with E-state index in [1.165, 1.54) is 4.90 Å². The highest BCUT2D eigenvalue weighted by molar-refractivity contribution is 7.99.